The Hall–Kier alpha value is -2.21. The third-order valence-electron chi connectivity index (χ3n) is 3.11. The fourth-order valence-electron chi connectivity index (χ4n) is 1.99. The minimum absolute atomic E-state index is 0.230. The monoisotopic (exact) mass is 293 g/mol. The van der Waals surface area contributed by atoms with Gasteiger partial charge in [0.1, 0.15) is 5.69 Å². The number of amides is 1. The summed E-state index contributed by atoms with van der Waals surface area (Å²) in [6, 6.07) is 10.6. The highest BCUT2D eigenvalue weighted by atomic mass is 19.3. The quantitative estimate of drug-likeness (QED) is 0.857. The standard InChI is InChI=1S/C15H17F2N3O/c16-14(17)10-20-7-1-2-13(20)15(21)19-9-12-5-3-11(8-18)4-6-12/h1-7,14H,8-10,18H2,(H,19,21). The second kappa shape index (κ2) is 6.99. The Labute approximate surface area is 121 Å². The molecule has 21 heavy (non-hydrogen) atoms. The molecule has 1 amide bonds. The fraction of sp³-hybridized carbons (Fsp3) is 0.267. The van der Waals surface area contributed by atoms with E-state index in [1.165, 1.54) is 16.8 Å². The molecule has 1 heterocycles. The molecule has 0 saturated heterocycles. The van der Waals surface area contributed by atoms with E-state index >= 15 is 0 Å². The SMILES string of the molecule is NCc1ccc(CNC(=O)c2cccn2CC(F)F)cc1. The van der Waals surface area contributed by atoms with Crippen molar-refractivity contribution < 1.29 is 13.6 Å². The summed E-state index contributed by atoms with van der Waals surface area (Å²) in [6.45, 7) is 0.318. The zero-order valence-electron chi connectivity index (χ0n) is 11.4. The van der Waals surface area contributed by atoms with Crippen LogP contribution >= 0.6 is 0 Å². The van der Waals surface area contributed by atoms with E-state index in [1.807, 2.05) is 24.3 Å². The van der Waals surface area contributed by atoms with E-state index in [0.29, 0.717) is 13.1 Å². The predicted octanol–water partition coefficient (Wildman–Crippen LogP) is 2.14. The van der Waals surface area contributed by atoms with Gasteiger partial charge in [-0.25, -0.2) is 8.78 Å². The molecule has 2 rings (SSSR count). The largest absolute Gasteiger partial charge is 0.347 e. The highest BCUT2D eigenvalue weighted by molar-refractivity contribution is 5.92. The number of alkyl halides is 2. The van der Waals surface area contributed by atoms with Crippen LogP contribution in [0.15, 0.2) is 42.6 Å². The fourth-order valence-corrected chi connectivity index (χ4v) is 1.99. The van der Waals surface area contributed by atoms with Crippen molar-refractivity contribution in [1.82, 2.24) is 9.88 Å². The number of halogens is 2. The minimum Gasteiger partial charge on any atom is -0.347 e. The highest BCUT2D eigenvalue weighted by Gasteiger charge is 2.13. The van der Waals surface area contributed by atoms with Crippen molar-refractivity contribution in [2.75, 3.05) is 0 Å². The van der Waals surface area contributed by atoms with Gasteiger partial charge in [0.2, 0.25) is 0 Å². The number of aromatic nitrogens is 1. The van der Waals surface area contributed by atoms with E-state index in [0.717, 1.165) is 11.1 Å². The third kappa shape index (κ3) is 4.13. The Kier molecular flexibility index (Phi) is 5.05. The first-order valence-corrected chi connectivity index (χ1v) is 6.59. The number of hydrogen-bond acceptors (Lipinski definition) is 2. The molecule has 4 nitrogen and oxygen atoms in total. The van der Waals surface area contributed by atoms with Crippen LogP contribution in [0.5, 0.6) is 0 Å². The molecular formula is C15H17F2N3O. The first-order chi connectivity index (χ1) is 10.1. The van der Waals surface area contributed by atoms with Crippen LogP contribution in [0.4, 0.5) is 8.78 Å². The zero-order chi connectivity index (χ0) is 15.2. The van der Waals surface area contributed by atoms with Gasteiger partial charge in [0.15, 0.2) is 0 Å². The molecule has 1 aromatic heterocycles. The van der Waals surface area contributed by atoms with Gasteiger partial charge in [0.05, 0.1) is 6.54 Å². The van der Waals surface area contributed by atoms with Crippen molar-refractivity contribution in [1.29, 1.82) is 0 Å². The topological polar surface area (TPSA) is 60.0 Å². The van der Waals surface area contributed by atoms with Crippen LogP contribution in [-0.4, -0.2) is 16.9 Å². The van der Waals surface area contributed by atoms with Crippen molar-refractivity contribution in [3.05, 3.63) is 59.4 Å². The number of rotatable bonds is 6. The molecule has 0 unspecified atom stereocenters. The smallest absolute Gasteiger partial charge is 0.268 e. The number of carbonyl (C=O) groups excluding carboxylic acids is 1. The van der Waals surface area contributed by atoms with Gasteiger partial charge in [-0.15, -0.1) is 0 Å². The number of nitrogens with one attached hydrogen (secondary N) is 1. The molecule has 0 spiro atoms. The predicted molar refractivity (Wildman–Crippen MR) is 75.9 cm³/mol. The number of nitrogens with two attached hydrogens (primary N) is 1. The average Bonchev–Trinajstić information content (AvgIpc) is 2.92. The molecule has 0 aliphatic rings. The van der Waals surface area contributed by atoms with Gasteiger partial charge >= 0.3 is 0 Å². The maximum absolute atomic E-state index is 12.4. The van der Waals surface area contributed by atoms with E-state index < -0.39 is 13.0 Å². The van der Waals surface area contributed by atoms with Crippen LogP contribution < -0.4 is 11.1 Å². The molecular weight excluding hydrogens is 276 g/mol. The van der Waals surface area contributed by atoms with Gasteiger partial charge in [0.25, 0.3) is 12.3 Å². The summed E-state index contributed by atoms with van der Waals surface area (Å²) in [7, 11) is 0. The molecule has 1 aromatic carbocycles. The van der Waals surface area contributed by atoms with Crippen LogP contribution in [0, 0.1) is 0 Å². The molecule has 0 saturated carbocycles. The number of benzene rings is 1. The molecule has 0 fully saturated rings. The summed E-state index contributed by atoms with van der Waals surface area (Å²) < 4.78 is 26.0. The van der Waals surface area contributed by atoms with Crippen molar-refractivity contribution in [3.8, 4) is 0 Å². The lowest BCUT2D eigenvalue weighted by molar-refractivity contribution is 0.0928. The zero-order valence-corrected chi connectivity index (χ0v) is 11.4. The minimum atomic E-state index is -2.49. The molecule has 0 aliphatic heterocycles. The Morgan fingerprint density at radius 3 is 2.48 bits per heavy atom. The van der Waals surface area contributed by atoms with Crippen LogP contribution in [0.25, 0.3) is 0 Å². The van der Waals surface area contributed by atoms with Gasteiger partial charge in [-0.2, -0.15) is 0 Å². The van der Waals surface area contributed by atoms with Crippen molar-refractivity contribution in [2.24, 2.45) is 5.73 Å². The molecule has 0 aliphatic carbocycles. The molecule has 0 bridgehead atoms. The lowest BCUT2D eigenvalue weighted by atomic mass is 10.1. The van der Waals surface area contributed by atoms with Crippen molar-refractivity contribution >= 4 is 5.91 Å². The first-order valence-electron chi connectivity index (χ1n) is 6.59. The van der Waals surface area contributed by atoms with E-state index in [9.17, 15) is 13.6 Å². The highest BCUT2D eigenvalue weighted by Crippen LogP contribution is 2.08. The first kappa shape index (κ1) is 15.2. The summed E-state index contributed by atoms with van der Waals surface area (Å²) in [6.07, 6.45) is -1.02. The van der Waals surface area contributed by atoms with E-state index in [-0.39, 0.29) is 11.6 Å². The van der Waals surface area contributed by atoms with Crippen molar-refractivity contribution in [2.45, 2.75) is 26.1 Å². The van der Waals surface area contributed by atoms with Crippen molar-refractivity contribution in [3.63, 3.8) is 0 Å². The summed E-state index contributed by atoms with van der Waals surface area (Å²) in [4.78, 5) is 12.0. The van der Waals surface area contributed by atoms with Crippen LogP contribution in [0.2, 0.25) is 0 Å². The lowest BCUT2D eigenvalue weighted by Crippen LogP contribution is -2.26. The number of nitrogens with zero attached hydrogens (tertiary/aromatic N) is 1. The van der Waals surface area contributed by atoms with E-state index in [4.69, 9.17) is 5.73 Å². The van der Waals surface area contributed by atoms with Gasteiger partial charge in [0, 0.05) is 19.3 Å². The molecule has 112 valence electrons. The van der Waals surface area contributed by atoms with Gasteiger partial charge < -0.3 is 15.6 Å². The molecule has 3 N–H and O–H groups in total. The normalized spacial score (nSPS) is 10.9. The Balaban J connectivity index is 1.96. The summed E-state index contributed by atoms with van der Waals surface area (Å²) in [5.74, 6) is -0.372. The maximum atomic E-state index is 12.4. The van der Waals surface area contributed by atoms with Gasteiger partial charge in [-0.05, 0) is 23.3 Å². The summed E-state index contributed by atoms with van der Waals surface area (Å²) in [5, 5.41) is 2.72. The Bertz CT molecular complexity index is 593. The molecule has 6 heteroatoms. The lowest BCUT2D eigenvalue weighted by Gasteiger charge is -2.09. The Morgan fingerprint density at radius 1 is 1.19 bits per heavy atom. The van der Waals surface area contributed by atoms with Crippen LogP contribution in [0.3, 0.4) is 0 Å². The summed E-state index contributed by atoms with van der Waals surface area (Å²) >= 11 is 0. The maximum Gasteiger partial charge on any atom is 0.268 e. The van der Waals surface area contributed by atoms with E-state index in [1.54, 1.807) is 6.07 Å². The van der Waals surface area contributed by atoms with Gasteiger partial charge in [-0.1, -0.05) is 24.3 Å². The summed E-state index contributed by atoms with van der Waals surface area (Å²) in [5.41, 5.74) is 7.67. The number of hydrogen-bond donors (Lipinski definition) is 2. The van der Waals surface area contributed by atoms with Gasteiger partial charge in [-0.3, -0.25) is 4.79 Å². The van der Waals surface area contributed by atoms with E-state index in [2.05, 4.69) is 5.32 Å². The van der Waals surface area contributed by atoms with Crippen LogP contribution in [-0.2, 0) is 19.6 Å². The second-order valence-electron chi connectivity index (χ2n) is 4.64. The average molecular weight is 293 g/mol. The number of carbonyl (C=O) groups is 1. The third-order valence-corrected chi connectivity index (χ3v) is 3.11. The Morgan fingerprint density at radius 2 is 1.86 bits per heavy atom. The molecule has 2 aromatic rings. The molecule has 0 radical (unpaired) electrons. The van der Waals surface area contributed by atoms with Crippen LogP contribution in [0.1, 0.15) is 21.6 Å². The second-order valence-corrected chi connectivity index (χ2v) is 4.64. The molecule has 0 atom stereocenters.